The van der Waals surface area contributed by atoms with Crippen LogP contribution in [0.4, 0.5) is 13.2 Å². The van der Waals surface area contributed by atoms with E-state index in [1.54, 1.807) is 0 Å². The van der Waals surface area contributed by atoms with E-state index < -0.39 is 11.9 Å². The van der Waals surface area contributed by atoms with Crippen molar-refractivity contribution in [3.05, 3.63) is 16.1 Å². The van der Waals surface area contributed by atoms with Crippen molar-refractivity contribution in [2.24, 2.45) is 4.99 Å². The van der Waals surface area contributed by atoms with Crippen molar-refractivity contribution in [1.82, 2.24) is 15.6 Å². The zero-order valence-corrected chi connectivity index (χ0v) is 13.9. The molecule has 9 heteroatoms. The highest BCUT2D eigenvalue weighted by Crippen LogP contribution is 2.30. The third-order valence-electron chi connectivity index (χ3n) is 3.08. The fraction of sp³-hybridized carbons (Fsp3) is 0.692. The number of halogens is 3. The second kappa shape index (κ2) is 8.05. The van der Waals surface area contributed by atoms with Gasteiger partial charge in [-0.05, 0) is 25.5 Å². The van der Waals surface area contributed by atoms with Gasteiger partial charge >= 0.3 is 6.18 Å². The Bertz CT molecular complexity index is 496. The third-order valence-corrected chi connectivity index (χ3v) is 5.31. The lowest BCUT2D eigenvalue weighted by atomic mass is 10.2. The summed E-state index contributed by atoms with van der Waals surface area (Å²) in [6.45, 7) is 3.62. The molecule has 1 unspecified atom stereocenters. The maximum atomic E-state index is 12.5. The number of hydrogen-bond acceptors (Lipinski definition) is 4. The molecule has 22 heavy (non-hydrogen) atoms. The Balaban J connectivity index is 1.89. The maximum absolute atomic E-state index is 12.5. The number of guanidine groups is 1. The van der Waals surface area contributed by atoms with Crippen LogP contribution >= 0.6 is 23.1 Å². The molecule has 1 atom stereocenters. The summed E-state index contributed by atoms with van der Waals surface area (Å²) in [5, 5.41) is 8.31. The Morgan fingerprint density at radius 2 is 2.27 bits per heavy atom. The van der Waals surface area contributed by atoms with Gasteiger partial charge in [0.25, 0.3) is 0 Å². The Labute approximate surface area is 136 Å². The minimum absolute atomic E-state index is 0.147. The molecule has 1 aliphatic heterocycles. The van der Waals surface area contributed by atoms with Crippen LogP contribution in [0, 0.1) is 0 Å². The van der Waals surface area contributed by atoms with Gasteiger partial charge in [-0.2, -0.15) is 24.9 Å². The van der Waals surface area contributed by atoms with Crippen LogP contribution in [0.2, 0.25) is 0 Å². The highest BCUT2D eigenvalue weighted by atomic mass is 32.2. The zero-order chi connectivity index (χ0) is 16.0. The molecule has 1 aromatic heterocycles. The molecular weight excluding hydrogens is 333 g/mol. The van der Waals surface area contributed by atoms with E-state index in [2.05, 4.69) is 20.6 Å². The minimum atomic E-state index is -4.39. The van der Waals surface area contributed by atoms with E-state index in [0.717, 1.165) is 23.3 Å². The van der Waals surface area contributed by atoms with Crippen molar-refractivity contribution >= 4 is 29.1 Å². The predicted molar refractivity (Wildman–Crippen MR) is 85.4 cm³/mol. The van der Waals surface area contributed by atoms with Gasteiger partial charge in [-0.3, -0.25) is 0 Å². The number of aliphatic imine (C=N–C) groups is 1. The summed E-state index contributed by atoms with van der Waals surface area (Å²) < 4.78 is 37.5. The zero-order valence-electron chi connectivity index (χ0n) is 12.2. The summed E-state index contributed by atoms with van der Waals surface area (Å²) in [7, 11) is 0. The normalized spacial score (nSPS) is 19.5. The van der Waals surface area contributed by atoms with Crippen LogP contribution in [0.15, 0.2) is 10.4 Å². The van der Waals surface area contributed by atoms with Gasteiger partial charge in [-0.1, -0.05) is 0 Å². The van der Waals surface area contributed by atoms with Gasteiger partial charge in [0.2, 0.25) is 0 Å². The smallest absolute Gasteiger partial charge is 0.357 e. The summed E-state index contributed by atoms with van der Waals surface area (Å²) in [4.78, 5) is 7.88. The number of thiazole rings is 1. The second-order valence-corrected chi connectivity index (χ2v) is 7.19. The fourth-order valence-electron chi connectivity index (χ4n) is 2.02. The van der Waals surface area contributed by atoms with E-state index >= 15 is 0 Å². The van der Waals surface area contributed by atoms with Crippen LogP contribution in [0.3, 0.4) is 0 Å². The van der Waals surface area contributed by atoms with E-state index in [1.165, 1.54) is 18.6 Å². The van der Waals surface area contributed by atoms with Gasteiger partial charge in [-0.15, -0.1) is 11.3 Å². The van der Waals surface area contributed by atoms with Crippen molar-refractivity contribution < 1.29 is 13.2 Å². The van der Waals surface area contributed by atoms with Crippen LogP contribution in [-0.4, -0.2) is 35.0 Å². The van der Waals surface area contributed by atoms with Crippen LogP contribution in [0.25, 0.3) is 0 Å². The molecule has 124 valence electrons. The number of nitrogens with one attached hydrogen (secondary N) is 2. The van der Waals surface area contributed by atoms with Gasteiger partial charge in [0.1, 0.15) is 5.01 Å². The minimum Gasteiger partial charge on any atom is -0.357 e. The first-order valence-electron chi connectivity index (χ1n) is 7.14. The summed E-state index contributed by atoms with van der Waals surface area (Å²) in [5.41, 5.74) is -0.844. The van der Waals surface area contributed by atoms with E-state index in [4.69, 9.17) is 0 Å². The van der Waals surface area contributed by atoms with E-state index in [1.807, 2.05) is 18.7 Å². The van der Waals surface area contributed by atoms with Gasteiger partial charge in [0, 0.05) is 23.7 Å². The lowest BCUT2D eigenvalue weighted by Gasteiger charge is -2.14. The highest BCUT2D eigenvalue weighted by molar-refractivity contribution is 8.00. The van der Waals surface area contributed by atoms with Gasteiger partial charge in [0.05, 0.1) is 6.54 Å². The lowest BCUT2D eigenvalue weighted by molar-refractivity contribution is -0.140. The topological polar surface area (TPSA) is 49.3 Å². The average molecular weight is 352 g/mol. The van der Waals surface area contributed by atoms with E-state index in [9.17, 15) is 13.2 Å². The molecule has 1 saturated heterocycles. The van der Waals surface area contributed by atoms with Crippen molar-refractivity contribution in [2.45, 2.75) is 37.7 Å². The highest BCUT2D eigenvalue weighted by Gasteiger charge is 2.33. The number of nitrogens with zero attached hydrogens (tertiary/aromatic N) is 2. The van der Waals surface area contributed by atoms with Gasteiger partial charge in [0.15, 0.2) is 11.7 Å². The molecule has 2 N–H and O–H groups in total. The molecule has 0 radical (unpaired) electrons. The molecule has 1 aliphatic rings. The molecule has 2 rings (SSSR count). The van der Waals surface area contributed by atoms with E-state index in [0.29, 0.717) is 22.8 Å². The molecule has 0 aliphatic carbocycles. The fourth-order valence-corrected chi connectivity index (χ4v) is 3.94. The lowest BCUT2D eigenvalue weighted by Crippen LogP contribution is -2.40. The van der Waals surface area contributed by atoms with Crippen molar-refractivity contribution in [3.8, 4) is 0 Å². The molecule has 0 spiro atoms. The Morgan fingerprint density at radius 1 is 1.45 bits per heavy atom. The SMILES string of the molecule is CCNC(=NCc1nc(C(F)(F)F)cs1)NCC1CCCS1. The van der Waals surface area contributed by atoms with Crippen LogP contribution < -0.4 is 10.6 Å². The number of alkyl halides is 3. The Morgan fingerprint density at radius 3 is 2.86 bits per heavy atom. The van der Waals surface area contributed by atoms with Crippen LogP contribution in [-0.2, 0) is 12.7 Å². The maximum Gasteiger partial charge on any atom is 0.434 e. The quantitative estimate of drug-likeness (QED) is 0.631. The monoisotopic (exact) mass is 352 g/mol. The molecule has 0 saturated carbocycles. The summed E-state index contributed by atoms with van der Waals surface area (Å²) >= 11 is 2.92. The van der Waals surface area contributed by atoms with Gasteiger partial charge in [-0.25, -0.2) is 9.98 Å². The molecule has 0 bridgehead atoms. The molecule has 0 aromatic carbocycles. The standard InChI is InChI=1S/C13H19F3N4S2/c1-2-17-12(18-6-9-4-3-5-21-9)19-7-11-20-10(8-22-11)13(14,15)16/h8-9H,2-7H2,1H3,(H2,17,18,19). The summed E-state index contributed by atoms with van der Waals surface area (Å²) in [6.07, 6.45) is -1.95. The molecule has 0 amide bonds. The van der Waals surface area contributed by atoms with Gasteiger partial charge < -0.3 is 10.6 Å². The van der Waals surface area contributed by atoms with Crippen molar-refractivity contribution in [3.63, 3.8) is 0 Å². The summed E-state index contributed by atoms with van der Waals surface area (Å²) in [5.74, 6) is 1.82. The molecule has 4 nitrogen and oxygen atoms in total. The first-order chi connectivity index (χ1) is 10.5. The van der Waals surface area contributed by atoms with Crippen molar-refractivity contribution in [1.29, 1.82) is 0 Å². The summed E-state index contributed by atoms with van der Waals surface area (Å²) in [6, 6.07) is 0. The predicted octanol–water partition coefficient (Wildman–Crippen LogP) is 3.11. The Kier molecular flexibility index (Phi) is 6.37. The van der Waals surface area contributed by atoms with Crippen LogP contribution in [0.5, 0.6) is 0 Å². The Hall–Kier alpha value is -0.960. The number of aromatic nitrogens is 1. The molecular formula is C13H19F3N4S2. The first kappa shape index (κ1) is 17.4. The van der Waals surface area contributed by atoms with E-state index in [-0.39, 0.29) is 6.54 Å². The number of rotatable bonds is 5. The molecule has 2 heterocycles. The largest absolute Gasteiger partial charge is 0.434 e. The molecule has 1 aromatic rings. The average Bonchev–Trinajstić information content (AvgIpc) is 3.12. The third kappa shape index (κ3) is 5.35. The van der Waals surface area contributed by atoms with Crippen molar-refractivity contribution in [2.75, 3.05) is 18.8 Å². The molecule has 1 fully saturated rings. The van der Waals surface area contributed by atoms with Crippen LogP contribution in [0.1, 0.15) is 30.5 Å². The first-order valence-corrected chi connectivity index (χ1v) is 9.07. The second-order valence-electron chi connectivity index (χ2n) is 4.84. The number of thioether (sulfide) groups is 1. The number of hydrogen-bond donors (Lipinski definition) is 2.